The molecule has 1 saturated heterocycles. The van der Waals surface area contributed by atoms with Gasteiger partial charge in [0.2, 0.25) is 0 Å². The van der Waals surface area contributed by atoms with Crippen molar-refractivity contribution in [1.82, 2.24) is 9.80 Å². The van der Waals surface area contributed by atoms with E-state index < -0.39 is 5.82 Å². The van der Waals surface area contributed by atoms with Gasteiger partial charge < -0.3 is 9.80 Å². The number of halogens is 2. The van der Waals surface area contributed by atoms with E-state index >= 15 is 0 Å². The maximum Gasteiger partial charge on any atom is 0.257 e. The first-order valence-electron chi connectivity index (χ1n) is 8.95. The van der Waals surface area contributed by atoms with Gasteiger partial charge in [0.25, 0.3) is 5.91 Å². The molecule has 1 heterocycles. The predicted octanol–water partition coefficient (Wildman–Crippen LogP) is 4.91. The largest absolute Gasteiger partial charge is 0.332 e. The average Bonchev–Trinajstić information content (AvgIpc) is 2.61. The number of benzene rings is 2. The van der Waals surface area contributed by atoms with Crippen LogP contribution in [0, 0.1) is 5.82 Å². The lowest BCUT2D eigenvalue weighted by molar-refractivity contribution is 0.0607. The van der Waals surface area contributed by atoms with Crippen molar-refractivity contribution in [1.29, 1.82) is 0 Å². The lowest BCUT2D eigenvalue weighted by atomic mass is 9.93. The fourth-order valence-electron chi connectivity index (χ4n) is 3.55. The molecule has 3 nitrogen and oxygen atoms in total. The summed E-state index contributed by atoms with van der Waals surface area (Å²) in [5.41, 5.74) is 2.43. The van der Waals surface area contributed by atoms with Crippen LogP contribution in [0.3, 0.4) is 0 Å². The summed E-state index contributed by atoms with van der Waals surface area (Å²) in [5.74, 6) is -0.825. The van der Waals surface area contributed by atoms with E-state index in [4.69, 9.17) is 11.6 Å². The lowest BCUT2D eigenvalue weighted by Gasteiger charge is -2.36. The molecule has 0 aliphatic carbocycles. The van der Waals surface area contributed by atoms with Crippen LogP contribution in [-0.4, -0.2) is 36.3 Å². The van der Waals surface area contributed by atoms with Gasteiger partial charge in [-0.05, 0) is 62.7 Å². The fourth-order valence-corrected chi connectivity index (χ4v) is 3.71. The molecule has 0 radical (unpaired) electrons. The highest BCUT2D eigenvalue weighted by molar-refractivity contribution is 6.30. The number of likely N-dealkylation sites (tertiary alicyclic amines) is 1. The van der Waals surface area contributed by atoms with Crippen LogP contribution in [-0.2, 0) is 6.54 Å². The Morgan fingerprint density at radius 1 is 1.19 bits per heavy atom. The van der Waals surface area contributed by atoms with Crippen molar-refractivity contribution in [2.45, 2.75) is 31.8 Å². The second-order valence-corrected chi connectivity index (χ2v) is 7.55. The Morgan fingerprint density at radius 3 is 2.58 bits per heavy atom. The Balaban J connectivity index is 1.84. The molecule has 0 bridgehead atoms. The Hall–Kier alpha value is -1.91. The van der Waals surface area contributed by atoms with Crippen molar-refractivity contribution < 1.29 is 9.18 Å². The van der Waals surface area contributed by atoms with Crippen LogP contribution in [0.15, 0.2) is 42.5 Å². The van der Waals surface area contributed by atoms with Gasteiger partial charge in [-0.15, -0.1) is 0 Å². The number of hydrogen-bond donors (Lipinski definition) is 0. The van der Waals surface area contributed by atoms with Crippen molar-refractivity contribution in [3.8, 4) is 0 Å². The molecule has 3 rings (SSSR count). The van der Waals surface area contributed by atoms with Crippen molar-refractivity contribution in [2.75, 3.05) is 20.6 Å². The second-order valence-electron chi connectivity index (χ2n) is 7.11. The highest BCUT2D eigenvalue weighted by Crippen LogP contribution is 2.33. The first-order chi connectivity index (χ1) is 12.5. The smallest absolute Gasteiger partial charge is 0.257 e. The van der Waals surface area contributed by atoms with E-state index in [9.17, 15) is 9.18 Å². The molecule has 0 spiro atoms. The Bertz CT molecular complexity index is 776. The monoisotopic (exact) mass is 374 g/mol. The Kier molecular flexibility index (Phi) is 5.94. The summed E-state index contributed by atoms with van der Waals surface area (Å²) in [6, 6.07) is 12.6. The summed E-state index contributed by atoms with van der Waals surface area (Å²) in [4.78, 5) is 16.9. The normalized spacial score (nSPS) is 17.6. The van der Waals surface area contributed by atoms with Gasteiger partial charge in [0.05, 0.1) is 11.6 Å². The number of nitrogens with zero attached hydrogens (tertiary/aromatic N) is 2. The number of hydrogen-bond acceptors (Lipinski definition) is 2. The van der Waals surface area contributed by atoms with Crippen LogP contribution < -0.4 is 0 Å². The van der Waals surface area contributed by atoms with Crippen LogP contribution in [0.4, 0.5) is 4.39 Å². The van der Waals surface area contributed by atoms with E-state index in [1.165, 1.54) is 17.7 Å². The van der Waals surface area contributed by atoms with E-state index in [1.54, 1.807) is 11.0 Å². The standard InChI is InChI=1S/C21H24ClFN2O/c1-24(2)14-15-6-8-16(9-7-15)20-5-3-4-12-25(20)21(26)18-11-10-17(22)13-19(18)23/h6-11,13,20H,3-5,12,14H2,1-2H3. The molecule has 138 valence electrons. The summed E-state index contributed by atoms with van der Waals surface area (Å²) in [6.45, 7) is 1.52. The molecule has 1 amide bonds. The number of amides is 1. The maximum atomic E-state index is 14.2. The van der Waals surface area contributed by atoms with Gasteiger partial charge in [-0.3, -0.25) is 4.79 Å². The average molecular weight is 375 g/mol. The molecule has 1 aliphatic rings. The van der Waals surface area contributed by atoms with Gasteiger partial charge in [0.1, 0.15) is 5.82 Å². The van der Waals surface area contributed by atoms with E-state index in [1.807, 2.05) is 14.1 Å². The summed E-state index contributed by atoms with van der Waals surface area (Å²) in [7, 11) is 4.08. The zero-order valence-corrected chi connectivity index (χ0v) is 16.0. The zero-order valence-electron chi connectivity index (χ0n) is 15.2. The van der Waals surface area contributed by atoms with Gasteiger partial charge in [-0.25, -0.2) is 4.39 Å². The fraction of sp³-hybridized carbons (Fsp3) is 0.381. The summed E-state index contributed by atoms with van der Waals surface area (Å²) >= 11 is 5.81. The van der Waals surface area contributed by atoms with Gasteiger partial charge in [-0.1, -0.05) is 35.9 Å². The third-order valence-electron chi connectivity index (χ3n) is 4.79. The zero-order chi connectivity index (χ0) is 18.7. The van der Waals surface area contributed by atoms with Crippen LogP contribution in [0.25, 0.3) is 0 Å². The first kappa shape index (κ1) is 18.9. The van der Waals surface area contributed by atoms with Crippen LogP contribution in [0.5, 0.6) is 0 Å². The minimum Gasteiger partial charge on any atom is -0.332 e. The second kappa shape index (κ2) is 8.19. The topological polar surface area (TPSA) is 23.6 Å². The van der Waals surface area contributed by atoms with E-state index in [-0.39, 0.29) is 17.5 Å². The van der Waals surface area contributed by atoms with Crippen molar-refractivity contribution >= 4 is 17.5 Å². The molecule has 0 aromatic heterocycles. The van der Waals surface area contributed by atoms with Crippen LogP contribution >= 0.6 is 11.6 Å². The van der Waals surface area contributed by atoms with Gasteiger partial charge >= 0.3 is 0 Å². The lowest BCUT2D eigenvalue weighted by Crippen LogP contribution is -2.38. The summed E-state index contributed by atoms with van der Waals surface area (Å²) in [6.07, 6.45) is 2.90. The third kappa shape index (κ3) is 4.25. The molecule has 1 atom stereocenters. The molecule has 26 heavy (non-hydrogen) atoms. The highest BCUT2D eigenvalue weighted by Gasteiger charge is 2.30. The van der Waals surface area contributed by atoms with E-state index in [0.717, 1.165) is 31.4 Å². The third-order valence-corrected chi connectivity index (χ3v) is 5.02. The molecular weight excluding hydrogens is 351 g/mol. The molecule has 1 fully saturated rings. The Morgan fingerprint density at radius 2 is 1.92 bits per heavy atom. The molecule has 0 N–H and O–H groups in total. The summed E-state index contributed by atoms with van der Waals surface area (Å²) in [5, 5.41) is 0.297. The molecule has 0 saturated carbocycles. The van der Waals surface area contributed by atoms with Gasteiger partial charge in [0.15, 0.2) is 0 Å². The number of carbonyl (C=O) groups excluding carboxylic acids is 1. The van der Waals surface area contributed by atoms with E-state index in [0.29, 0.717) is 11.6 Å². The van der Waals surface area contributed by atoms with Crippen molar-refractivity contribution in [2.24, 2.45) is 0 Å². The van der Waals surface area contributed by atoms with Gasteiger partial charge in [-0.2, -0.15) is 0 Å². The number of carbonyl (C=O) groups is 1. The molecule has 2 aromatic carbocycles. The SMILES string of the molecule is CN(C)Cc1ccc(C2CCCCN2C(=O)c2ccc(Cl)cc2F)cc1. The number of rotatable bonds is 4. The van der Waals surface area contributed by atoms with Gasteiger partial charge in [0, 0.05) is 18.1 Å². The Labute approximate surface area is 159 Å². The van der Waals surface area contributed by atoms with Crippen molar-refractivity contribution in [3.63, 3.8) is 0 Å². The quantitative estimate of drug-likeness (QED) is 0.759. The van der Waals surface area contributed by atoms with Crippen molar-refractivity contribution in [3.05, 3.63) is 70.0 Å². The first-order valence-corrected chi connectivity index (χ1v) is 9.33. The minimum atomic E-state index is -0.562. The van der Waals surface area contributed by atoms with Crippen LogP contribution in [0.2, 0.25) is 5.02 Å². The highest BCUT2D eigenvalue weighted by atomic mass is 35.5. The molecule has 1 aliphatic heterocycles. The maximum absolute atomic E-state index is 14.2. The van der Waals surface area contributed by atoms with E-state index in [2.05, 4.69) is 29.2 Å². The van der Waals surface area contributed by atoms with Crippen LogP contribution in [0.1, 0.15) is 46.8 Å². The molecular formula is C21H24ClFN2O. The molecule has 5 heteroatoms. The predicted molar refractivity (Wildman–Crippen MR) is 103 cm³/mol. The number of piperidine rings is 1. The summed E-state index contributed by atoms with van der Waals surface area (Å²) < 4.78 is 14.2. The molecule has 2 aromatic rings. The molecule has 1 unspecified atom stereocenters. The minimum absolute atomic E-state index is 0.0141.